The second-order valence-corrected chi connectivity index (χ2v) is 4.72. The Kier molecular flexibility index (Phi) is 5.50. The number of aliphatic carboxylic acids is 1. The molecule has 0 saturated heterocycles. The molecule has 0 aliphatic carbocycles. The van der Waals surface area contributed by atoms with E-state index in [0.29, 0.717) is 18.2 Å². The van der Waals surface area contributed by atoms with Gasteiger partial charge in [-0.2, -0.15) is 0 Å². The number of hydrogen-bond donors (Lipinski definition) is 4. The van der Waals surface area contributed by atoms with Gasteiger partial charge in [-0.15, -0.1) is 0 Å². The van der Waals surface area contributed by atoms with Crippen LogP contribution in [0, 0.1) is 5.92 Å². The summed E-state index contributed by atoms with van der Waals surface area (Å²) in [5.41, 5.74) is 0. The molecule has 1 unspecified atom stereocenters. The van der Waals surface area contributed by atoms with E-state index in [1.54, 1.807) is 13.0 Å². The van der Waals surface area contributed by atoms with E-state index in [9.17, 15) is 9.90 Å². The van der Waals surface area contributed by atoms with Gasteiger partial charge in [0.1, 0.15) is 24.0 Å². The second-order valence-electron chi connectivity index (χ2n) is 4.72. The van der Waals surface area contributed by atoms with Crippen molar-refractivity contribution in [2.45, 2.75) is 32.9 Å². The summed E-state index contributed by atoms with van der Waals surface area (Å²) in [5.74, 6) is -0.0241. The number of nitrogens with one attached hydrogen (secondary N) is 2. The van der Waals surface area contributed by atoms with Gasteiger partial charge in [0.15, 0.2) is 0 Å². The second kappa shape index (κ2) is 6.89. The first-order chi connectivity index (χ1) is 8.90. The highest BCUT2D eigenvalue weighted by atomic mass is 16.4. The van der Waals surface area contributed by atoms with Gasteiger partial charge in [-0.05, 0) is 12.8 Å². The van der Waals surface area contributed by atoms with Crippen LogP contribution in [0.3, 0.4) is 0 Å². The number of aromatic nitrogens is 2. The quantitative estimate of drug-likeness (QED) is 0.579. The van der Waals surface area contributed by atoms with Crippen LogP contribution >= 0.6 is 0 Å². The summed E-state index contributed by atoms with van der Waals surface area (Å²) in [6, 6.07) is 0.903. The average Bonchev–Trinajstić information content (AvgIpc) is 2.33. The standard InChI is InChI=1S/C12H20N4O3/c1-7(2)11(12(18)19)16-10-4-9(14-6-15-10)13-5-8(3)17/h4,6-8,11,17H,5H2,1-3H3,(H,18,19)(H2,13,14,15,16)/t8?,11-/m0/s1. The molecule has 2 atom stereocenters. The lowest BCUT2D eigenvalue weighted by molar-refractivity contribution is -0.138. The number of nitrogens with zero attached hydrogens (tertiary/aromatic N) is 2. The van der Waals surface area contributed by atoms with E-state index in [-0.39, 0.29) is 5.92 Å². The van der Waals surface area contributed by atoms with Crippen LogP contribution in [0.1, 0.15) is 20.8 Å². The number of rotatable bonds is 7. The fourth-order valence-electron chi connectivity index (χ4n) is 1.46. The molecule has 0 aliphatic rings. The van der Waals surface area contributed by atoms with E-state index in [1.165, 1.54) is 6.33 Å². The maximum absolute atomic E-state index is 11.1. The number of carbonyl (C=O) groups is 1. The van der Waals surface area contributed by atoms with Crippen LogP contribution in [0.4, 0.5) is 11.6 Å². The van der Waals surface area contributed by atoms with Crippen LogP contribution < -0.4 is 10.6 Å². The van der Waals surface area contributed by atoms with E-state index >= 15 is 0 Å². The van der Waals surface area contributed by atoms with Crippen LogP contribution in [-0.4, -0.2) is 44.8 Å². The zero-order chi connectivity index (χ0) is 14.4. The Morgan fingerprint density at radius 1 is 1.32 bits per heavy atom. The molecule has 19 heavy (non-hydrogen) atoms. The molecule has 0 bridgehead atoms. The Hall–Kier alpha value is -1.89. The number of carboxylic acids is 1. The number of hydrogen-bond acceptors (Lipinski definition) is 6. The third kappa shape index (κ3) is 5.09. The van der Waals surface area contributed by atoms with Crippen molar-refractivity contribution in [1.29, 1.82) is 0 Å². The molecule has 0 amide bonds. The third-order valence-corrected chi connectivity index (χ3v) is 2.48. The Morgan fingerprint density at radius 3 is 2.47 bits per heavy atom. The van der Waals surface area contributed by atoms with Gasteiger partial charge < -0.3 is 20.8 Å². The zero-order valence-corrected chi connectivity index (χ0v) is 11.3. The first-order valence-electron chi connectivity index (χ1n) is 6.13. The van der Waals surface area contributed by atoms with Crippen molar-refractivity contribution < 1.29 is 15.0 Å². The van der Waals surface area contributed by atoms with Crippen LogP contribution in [-0.2, 0) is 4.79 Å². The topological polar surface area (TPSA) is 107 Å². The van der Waals surface area contributed by atoms with Crippen LogP contribution in [0.2, 0.25) is 0 Å². The molecule has 0 saturated carbocycles. The summed E-state index contributed by atoms with van der Waals surface area (Å²) in [6.07, 6.45) is 0.847. The van der Waals surface area contributed by atoms with Gasteiger partial charge in [0.05, 0.1) is 6.10 Å². The summed E-state index contributed by atoms with van der Waals surface area (Å²) in [7, 11) is 0. The average molecular weight is 268 g/mol. The molecule has 1 rings (SSSR count). The maximum atomic E-state index is 11.1. The monoisotopic (exact) mass is 268 g/mol. The first-order valence-corrected chi connectivity index (χ1v) is 6.13. The van der Waals surface area contributed by atoms with Crippen LogP contribution in [0.25, 0.3) is 0 Å². The van der Waals surface area contributed by atoms with Gasteiger partial charge in [-0.25, -0.2) is 14.8 Å². The SMILES string of the molecule is CC(O)CNc1cc(N[C@H](C(=O)O)C(C)C)ncn1. The lowest BCUT2D eigenvalue weighted by Crippen LogP contribution is -2.34. The smallest absolute Gasteiger partial charge is 0.326 e. The summed E-state index contributed by atoms with van der Waals surface area (Å²) in [5, 5.41) is 24.1. The minimum atomic E-state index is -0.924. The van der Waals surface area contributed by atoms with E-state index in [0.717, 1.165) is 0 Å². The van der Waals surface area contributed by atoms with Crippen molar-refractivity contribution in [2.75, 3.05) is 17.2 Å². The molecule has 7 nitrogen and oxygen atoms in total. The highest BCUT2D eigenvalue weighted by Crippen LogP contribution is 2.13. The van der Waals surface area contributed by atoms with Crippen LogP contribution in [0.5, 0.6) is 0 Å². The molecule has 0 radical (unpaired) electrons. The number of aliphatic hydroxyl groups is 1. The number of anilines is 2. The summed E-state index contributed by atoms with van der Waals surface area (Å²) >= 11 is 0. The van der Waals surface area contributed by atoms with Crippen molar-refractivity contribution in [1.82, 2.24) is 9.97 Å². The van der Waals surface area contributed by atoms with Crippen molar-refractivity contribution in [2.24, 2.45) is 5.92 Å². The normalized spacial score (nSPS) is 13.9. The Balaban J connectivity index is 2.73. The molecule has 0 spiro atoms. The van der Waals surface area contributed by atoms with Crippen molar-refractivity contribution >= 4 is 17.6 Å². The van der Waals surface area contributed by atoms with E-state index in [4.69, 9.17) is 5.11 Å². The van der Waals surface area contributed by atoms with E-state index < -0.39 is 18.1 Å². The zero-order valence-electron chi connectivity index (χ0n) is 11.3. The predicted molar refractivity (Wildman–Crippen MR) is 72.1 cm³/mol. The molecular weight excluding hydrogens is 248 g/mol. The first kappa shape index (κ1) is 15.2. The molecule has 1 heterocycles. The minimum absolute atomic E-state index is 0.0682. The Labute approximate surface area is 112 Å². The Bertz CT molecular complexity index is 423. The fraction of sp³-hybridized carbons (Fsp3) is 0.583. The molecule has 106 valence electrons. The summed E-state index contributed by atoms with van der Waals surface area (Å²) in [4.78, 5) is 19.1. The van der Waals surface area contributed by atoms with Crippen LogP contribution in [0.15, 0.2) is 12.4 Å². The highest BCUT2D eigenvalue weighted by molar-refractivity contribution is 5.77. The lowest BCUT2D eigenvalue weighted by atomic mass is 10.1. The summed E-state index contributed by atoms with van der Waals surface area (Å²) in [6.45, 7) is 5.66. The van der Waals surface area contributed by atoms with Gasteiger partial charge in [0.2, 0.25) is 0 Å². The van der Waals surface area contributed by atoms with E-state index in [2.05, 4.69) is 20.6 Å². The largest absolute Gasteiger partial charge is 0.480 e. The highest BCUT2D eigenvalue weighted by Gasteiger charge is 2.21. The molecule has 0 aromatic carbocycles. The van der Waals surface area contributed by atoms with Gasteiger partial charge in [0.25, 0.3) is 0 Å². The van der Waals surface area contributed by atoms with Crippen molar-refractivity contribution in [3.63, 3.8) is 0 Å². The van der Waals surface area contributed by atoms with Gasteiger partial charge in [-0.3, -0.25) is 0 Å². The molecule has 0 aliphatic heterocycles. The fourth-order valence-corrected chi connectivity index (χ4v) is 1.46. The molecule has 1 aromatic rings. The van der Waals surface area contributed by atoms with Crippen molar-refractivity contribution in [3.05, 3.63) is 12.4 Å². The minimum Gasteiger partial charge on any atom is -0.480 e. The van der Waals surface area contributed by atoms with Gasteiger partial charge in [-0.1, -0.05) is 13.8 Å². The number of aliphatic hydroxyl groups excluding tert-OH is 1. The van der Waals surface area contributed by atoms with Gasteiger partial charge in [0, 0.05) is 12.6 Å². The van der Waals surface area contributed by atoms with Gasteiger partial charge >= 0.3 is 5.97 Å². The molecule has 4 N–H and O–H groups in total. The molecular formula is C12H20N4O3. The molecule has 1 aromatic heterocycles. The van der Waals surface area contributed by atoms with Crippen molar-refractivity contribution in [3.8, 4) is 0 Å². The number of carboxylic acid groups (broad SMARTS) is 1. The summed E-state index contributed by atoms with van der Waals surface area (Å²) < 4.78 is 0. The molecule has 7 heteroatoms. The predicted octanol–water partition coefficient (Wildman–Crippen LogP) is 0.790. The Morgan fingerprint density at radius 2 is 1.95 bits per heavy atom. The maximum Gasteiger partial charge on any atom is 0.326 e. The van der Waals surface area contributed by atoms with E-state index in [1.807, 2.05) is 13.8 Å². The third-order valence-electron chi connectivity index (χ3n) is 2.48. The lowest BCUT2D eigenvalue weighted by Gasteiger charge is -2.18. The molecule has 0 fully saturated rings.